The molecule has 1 saturated carbocycles. The average molecular weight is 271 g/mol. The highest BCUT2D eigenvalue weighted by atomic mass is 16.2. The third-order valence-corrected chi connectivity index (χ3v) is 3.20. The molecule has 0 bridgehead atoms. The summed E-state index contributed by atoms with van der Waals surface area (Å²) in [6.45, 7) is 1.25. The topological polar surface area (TPSA) is 71.8 Å². The van der Waals surface area contributed by atoms with Gasteiger partial charge in [-0.2, -0.15) is 5.10 Å². The van der Waals surface area contributed by atoms with Crippen LogP contribution >= 0.6 is 0 Å². The number of carbonyl (C=O) groups is 1. The Morgan fingerprint density at radius 2 is 2.00 bits per heavy atom. The quantitative estimate of drug-likeness (QED) is 0.860. The van der Waals surface area contributed by atoms with E-state index in [4.69, 9.17) is 0 Å². The van der Waals surface area contributed by atoms with Crippen molar-refractivity contribution >= 4 is 6.03 Å². The lowest BCUT2D eigenvalue weighted by Gasteiger charge is -2.07. The van der Waals surface area contributed by atoms with E-state index in [1.54, 1.807) is 11.0 Å². The number of carbonyl (C=O) groups excluding carboxylic acids is 1. The molecule has 0 spiro atoms. The van der Waals surface area contributed by atoms with E-state index in [-0.39, 0.29) is 6.03 Å². The molecule has 3 rings (SSSR count). The van der Waals surface area contributed by atoms with Crippen LogP contribution in [0.5, 0.6) is 0 Å². The summed E-state index contributed by atoms with van der Waals surface area (Å²) in [5, 5.41) is 9.82. The predicted octanol–water partition coefficient (Wildman–Crippen LogP) is 1.29. The monoisotopic (exact) mass is 271 g/mol. The lowest BCUT2D eigenvalue weighted by atomic mass is 10.1. The van der Waals surface area contributed by atoms with Gasteiger partial charge in [-0.05, 0) is 24.0 Å². The Morgan fingerprint density at radius 1 is 1.25 bits per heavy atom. The van der Waals surface area contributed by atoms with E-state index in [0.29, 0.717) is 19.1 Å². The maximum Gasteiger partial charge on any atom is 0.315 e. The Balaban J connectivity index is 1.49. The molecule has 6 heteroatoms. The fourth-order valence-corrected chi connectivity index (χ4v) is 1.91. The number of hydrogen-bond donors (Lipinski definition) is 2. The zero-order valence-electron chi connectivity index (χ0n) is 11.1. The molecule has 6 nitrogen and oxygen atoms in total. The minimum atomic E-state index is -0.0841. The van der Waals surface area contributed by atoms with Gasteiger partial charge < -0.3 is 10.6 Å². The molecular formula is C14H17N5O. The number of amides is 2. The molecule has 1 aliphatic rings. The Kier molecular flexibility index (Phi) is 3.62. The molecule has 2 aromatic rings. The maximum atomic E-state index is 11.5. The molecule has 2 N–H and O–H groups in total. The highest BCUT2D eigenvalue weighted by molar-refractivity contribution is 5.74. The van der Waals surface area contributed by atoms with Crippen molar-refractivity contribution in [2.45, 2.75) is 32.0 Å². The van der Waals surface area contributed by atoms with E-state index in [2.05, 4.69) is 20.7 Å². The van der Waals surface area contributed by atoms with Gasteiger partial charge in [-0.15, -0.1) is 0 Å². The van der Waals surface area contributed by atoms with Gasteiger partial charge >= 0.3 is 6.03 Å². The summed E-state index contributed by atoms with van der Waals surface area (Å²) in [6.07, 6.45) is 5.42. The molecule has 0 saturated heterocycles. The Bertz CT molecular complexity index is 560. The van der Waals surface area contributed by atoms with Crippen LogP contribution < -0.4 is 10.6 Å². The first-order valence-corrected chi connectivity index (χ1v) is 6.74. The molecule has 1 aromatic carbocycles. The molecular weight excluding hydrogens is 254 g/mol. The molecule has 1 aromatic heterocycles. The number of benzene rings is 1. The molecule has 0 unspecified atom stereocenters. The predicted molar refractivity (Wildman–Crippen MR) is 74.0 cm³/mol. The van der Waals surface area contributed by atoms with Gasteiger partial charge in [-0.25, -0.2) is 14.5 Å². The van der Waals surface area contributed by atoms with Crippen LogP contribution in [0.4, 0.5) is 4.79 Å². The second kappa shape index (κ2) is 5.73. The number of nitrogens with zero attached hydrogens (tertiary/aromatic N) is 3. The van der Waals surface area contributed by atoms with Crippen LogP contribution in [0.1, 0.15) is 24.0 Å². The molecule has 0 radical (unpaired) electrons. The van der Waals surface area contributed by atoms with Gasteiger partial charge in [0.2, 0.25) is 0 Å². The SMILES string of the molecule is O=C(NCc1ccc(Cn2cncn2)cc1)NC1CC1. The fourth-order valence-electron chi connectivity index (χ4n) is 1.91. The van der Waals surface area contributed by atoms with Crippen molar-refractivity contribution in [1.82, 2.24) is 25.4 Å². The Morgan fingerprint density at radius 3 is 2.65 bits per heavy atom. The number of hydrogen-bond acceptors (Lipinski definition) is 3. The first-order chi connectivity index (χ1) is 9.79. The van der Waals surface area contributed by atoms with Crippen molar-refractivity contribution in [2.75, 3.05) is 0 Å². The standard InChI is InChI=1S/C14H17N5O/c20-14(18-13-5-6-13)16-7-11-1-3-12(4-2-11)8-19-10-15-9-17-19/h1-4,9-10,13H,5-8H2,(H2,16,18,20). The molecule has 0 aliphatic heterocycles. The fraction of sp³-hybridized carbons (Fsp3) is 0.357. The molecule has 2 amide bonds. The second-order valence-electron chi connectivity index (χ2n) is 5.01. The van der Waals surface area contributed by atoms with Gasteiger partial charge in [-0.3, -0.25) is 0 Å². The van der Waals surface area contributed by atoms with Crippen LogP contribution in [0.25, 0.3) is 0 Å². The molecule has 1 heterocycles. The molecule has 1 aliphatic carbocycles. The van der Waals surface area contributed by atoms with Crippen molar-refractivity contribution < 1.29 is 4.79 Å². The van der Waals surface area contributed by atoms with Gasteiger partial charge in [0.25, 0.3) is 0 Å². The highest BCUT2D eigenvalue weighted by Gasteiger charge is 2.22. The molecule has 1 fully saturated rings. The van der Waals surface area contributed by atoms with Crippen LogP contribution in [0.15, 0.2) is 36.9 Å². The van der Waals surface area contributed by atoms with Gasteiger partial charge in [-0.1, -0.05) is 24.3 Å². The number of aromatic nitrogens is 3. The third kappa shape index (κ3) is 3.57. The minimum absolute atomic E-state index is 0.0841. The number of rotatable bonds is 5. The van der Waals surface area contributed by atoms with E-state index in [9.17, 15) is 4.79 Å². The van der Waals surface area contributed by atoms with Crippen molar-refractivity contribution in [2.24, 2.45) is 0 Å². The van der Waals surface area contributed by atoms with E-state index < -0.39 is 0 Å². The summed E-state index contributed by atoms with van der Waals surface area (Å²) in [4.78, 5) is 15.4. The van der Waals surface area contributed by atoms with Crippen LogP contribution in [0, 0.1) is 0 Å². The summed E-state index contributed by atoms with van der Waals surface area (Å²) in [5.41, 5.74) is 2.24. The summed E-state index contributed by atoms with van der Waals surface area (Å²) >= 11 is 0. The first kappa shape index (κ1) is 12.7. The summed E-state index contributed by atoms with van der Waals surface area (Å²) in [6, 6.07) is 8.42. The van der Waals surface area contributed by atoms with Gasteiger partial charge in [0, 0.05) is 12.6 Å². The zero-order valence-corrected chi connectivity index (χ0v) is 11.1. The smallest absolute Gasteiger partial charge is 0.315 e. The van der Waals surface area contributed by atoms with Gasteiger partial charge in [0.15, 0.2) is 0 Å². The van der Waals surface area contributed by atoms with Crippen molar-refractivity contribution in [3.05, 3.63) is 48.0 Å². The number of urea groups is 1. The lowest BCUT2D eigenvalue weighted by molar-refractivity contribution is 0.240. The van der Waals surface area contributed by atoms with Crippen molar-refractivity contribution in [3.8, 4) is 0 Å². The zero-order chi connectivity index (χ0) is 13.8. The first-order valence-electron chi connectivity index (χ1n) is 6.74. The van der Waals surface area contributed by atoms with Crippen LogP contribution in [0.2, 0.25) is 0 Å². The van der Waals surface area contributed by atoms with Gasteiger partial charge in [0.1, 0.15) is 12.7 Å². The van der Waals surface area contributed by atoms with Crippen LogP contribution in [-0.4, -0.2) is 26.8 Å². The second-order valence-corrected chi connectivity index (χ2v) is 5.01. The van der Waals surface area contributed by atoms with Crippen LogP contribution in [-0.2, 0) is 13.1 Å². The van der Waals surface area contributed by atoms with E-state index in [1.165, 1.54) is 6.33 Å². The molecule has 104 valence electrons. The summed E-state index contributed by atoms with van der Waals surface area (Å²) in [7, 11) is 0. The van der Waals surface area contributed by atoms with E-state index in [1.807, 2.05) is 24.3 Å². The van der Waals surface area contributed by atoms with E-state index in [0.717, 1.165) is 24.0 Å². The number of nitrogens with one attached hydrogen (secondary N) is 2. The van der Waals surface area contributed by atoms with Crippen molar-refractivity contribution in [3.63, 3.8) is 0 Å². The maximum absolute atomic E-state index is 11.5. The molecule has 20 heavy (non-hydrogen) atoms. The Labute approximate surface area is 117 Å². The van der Waals surface area contributed by atoms with Gasteiger partial charge in [0.05, 0.1) is 6.54 Å². The largest absolute Gasteiger partial charge is 0.335 e. The highest BCUT2D eigenvalue weighted by Crippen LogP contribution is 2.18. The average Bonchev–Trinajstić information content (AvgIpc) is 3.12. The van der Waals surface area contributed by atoms with E-state index >= 15 is 0 Å². The van der Waals surface area contributed by atoms with Crippen molar-refractivity contribution in [1.29, 1.82) is 0 Å². The third-order valence-electron chi connectivity index (χ3n) is 3.20. The Hall–Kier alpha value is -2.37. The summed E-state index contributed by atoms with van der Waals surface area (Å²) in [5.74, 6) is 0. The molecule has 0 atom stereocenters. The summed E-state index contributed by atoms with van der Waals surface area (Å²) < 4.78 is 1.77. The lowest BCUT2D eigenvalue weighted by Crippen LogP contribution is -2.36. The normalized spacial score (nSPS) is 14.0. The minimum Gasteiger partial charge on any atom is -0.335 e. The van der Waals surface area contributed by atoms with Crippen LogP contribution in [0.3, 0.4) is 0 Å².